The zero-order valence-corrected chi connectivity index (χ0v) is 12.6. The van der Waals surface area contributed by atoms with Crippen molar-refractivity contribution in [1.29, 1.82) is 0 Å². The maximum Gasteiger partial charge on any atom is 0.0696 e. The summed E-state index contributed by atoms with van der Waals surface area (Å²) in [4.78, 5) is 3.25. The number of nitrogens with one attached hydrogen (secondary N) is 1. The molecule has 0 fully saturated rings. The van der Waals surface area contributed by atoms with E-state index in [4.69, 9.17) is 0 Å². The lowest BCUT2D eigenvalue weighted by Gasteiger charge is -2.09. The van der Waals surface area contributed by atoms with Crippen molar-refractivity contribution in [1.82, 2.24) is 4.68 Å². The van der Waals surface area contributed by atoms with E-state index in [9.17, 15) is 0 Å². The number of nitrogens with zero attached hydrogens (tertiary/aromatic N) is 2. The fourth-order valence-electron chi connectivity index (χ4n) is 1.43. The van der Waals surface area contributed by atoms with E-state index in [1.165, 1.54) is 10.9 Å². The third-order valence-electron chi connectivity index (χ3n) is 2.30. The van der Waals surface area contributed by atoms with Crippen LogP contribution in [0, 0.1) is 12.3 Å². The average molecular weight is 269 g/mol. The first kappa shape index (κ1) is 17.5. The number of hydrogen-bond acceptors (Lipinski definition) is 2. The standard InChI is InChI=1S/C12H14N2.C3H4.C2H5N/c1-3-10(2)13-14-9-8-11-6-4-5-7-12(11)14;2*1-3-2/h4-9,13H,2-3H2,1H3;1H,2H3;1H2,2H3. The van der Waals surface area contributed by atoms with Crippen LogP contribution in [0.5, 0.6) is 0 Å². The minimum atomic E-state index is 0.937. The zero-order valence-electron chi connectivity index (χ0n) is 12.6. The van der Waals surface area contributed by atoms with E-state index in [2.05, 4.69) is 61.2 Å². The van der Waals surface area contributed by atoms with Crippen LogP contribution in [0.1, 0.15) is 20.3 Å². The number of aromatic nitrogens is 1. The van der Waals surface area contributed by atoms with Gasteiger partial charge in [0.1, 0.15) is 0 Å². The summed E-state index contributed by atoms with van der Waals surface area (Å²) in [6.45, 7) is 10.8. The molecule has 2 rings (SSSR count). The Morgan fingerprint density at radius 1 is 1.40 bits per heavy atom. The number of rotatable bonds is 3. The summed E-state index contributed by atoms with van der Waals surface area (Å²) in [5.41, 5.74) is 5.44. The van der Waals surface area contributed by atoms with Gasteiger partial charge in [-0.1, -0.05) is 31.7 Å². The van der Waals surface area contributed by atoms with Crippen LogP contribution in [0.25, 0.3) is 10.9 Å². The molecule has 0 saturated heterocycles. The maximum absolute atomic E-state index is 4.60. The molecule has 3 heteroatoms. The van der Waals surface area contributed by atoms with Gasteiger partial charge in [-0.3, -0.25) is 10.1 Å². The molecule has 0 aliphatic rings. The predicted octanol–water partition coefficient (Wildman–Crippen LogP) is 4.06. The van der Waals surface area contributed by atoms with E-state index in [0.717, 1.165) is 12.1 Å². The van der Waals surface area contributed by atoms with Crippen LogP contribution < -0.4 is 5.43 Å². The van der Waals surface area contributed by atoms with Crippen molar-refractivity contribution in [3.05, 3.63) is 48.8 Å². The third kappa shape index (κ3) is 5.92. The average Bonchev–Trinajstić information content (AvgIpc) is 2.84. The molecule has 1 heterocycles. The topological polar surface area (TPSA) is 29.3 Å². The molecule has 0 bridgehead atoms. The SMILES string of the molecule is C#CC.C=C(CC)Nn1ccc2ccccc21.C=NC. The Morgan fingerprint density at radius 3 is 2.50 bits per heavy atom. The van der Waals surface area contributed by atoms with Gasteiger partial charge in [-0.05, 0) is 32.2 Å². The molecule has 0 spiro atoms. The molecule has 20 heavy (non-hydrogen) atoms. The second-order valence-electron chi connectivity index (χ2n) is 3.92. The molecule has 0 radical (unpaired) electrons. The summed E-state index contributed by atoms with van der Waals surface area (Å²) >= 11 is 0. The monoisotopic (exact) mass is 269 g/mol. The van der Waals surface area contributed by atoms with Crippen molar-refractivity contribution >= 4 is 17.6 Å². The summed E-state index contributed by atoms with van der Waals surface area (Å²) < 4.78 is 2.00. The Balaban J connectivity index is 0.000000520. The highest BCUT2D eigenvalue weighted by Gasteiger charge is 1.98. The van der Waals surface area contributed by atoms with E-state index >= 15 is 0 Å². The fraction of sp³-hybridized carbons (Fsp3) is 0.235. The molecule has 0 aliphatic heterocycles. The summed E-state index contributed by atoms with van der Waals surface area (Å²) in [5.74, 6) is 2.25. The van der Waals surface area contributed by atoms with E-state index in [-0.39, 0.29) is 0 Å². The smallest absolute Gasteiger partial charge is 0.0696 e. The van der Waals surface area contributed by atoms with Crippen LogP contribution >= 0.6 is 0 Å². The van der Waals surface area contributed by atoms with Crippen LogP contribution in [-0.2, 0) is 0 Å². The minimum Gasteiger partial charge on any atom is -0.304 e. The second-order valence-corrected chi connectivity index (χ2v) is 3.92. The molecule has 1 N–H and O–H groups in total. The molecule has 0 saturated carbocycles. The lowest BCUT2D eigenvalue weighted by atomic mass is 10.3. The Labute approximate surface area is 122 Å². The lowest BCUT2D eigenvalue weighted by Crippen LogP contribution is -2.11. The summed E-state index contributed by atoms with van der Waals surface area (Å²) in [6, 6.07) is 10.4. The van der Waals surface area contributed by atoms with Gasteiger partial charge in [-0.2, -0.15) is 0 Å². The van der Waals surface area contributed by atoms with Crippen LogP contribution in [-0.4, -0.2) is 18.4 Å². The zero-order chi connectivity index (χ0) is 15.4. The molecule has 1 aromatic carbocycles. The first-order valence-corrected chi connectivity index (χ1v) is 6.37. The van der Waals surface area contributed by atoms with Crippen LogP contribution in [0.4, 0.5) is 0 Å². The van der Waals surface area contributed by atoms with Crippen molar-refractivity contribution in [2.75, 3.05) is 12.5 Å². The number of fused-ring (bicyclic) bond motifs is 1. The minimum absolute atomic E-state index is 0.937. The molecule has 0 aliphatic carbocycles. The molecular weight excluding hydrogens is 246 g/mol. The number of benzene rings is 1. The van der Waals surface area contributed by atoms with Crippen molar-refractivity contribution in [3.8, 4) is 12.3 Å². The van der Waals surface area contributed by atoms with Gasteiger partial charge in [0.2, 0.25) is 0 Å². The molecular formula is C17H23N3. The Kier molecular flexibility index (Phi) is 9.16. The highest BCUT2D eigenvalue weighted by atomic mass is 15.4. The largest absolute Gasteiger partial charge is 0.304 e. The van der Waals surface area contributed by atoms with E-state index in [0.29, 0.717) is 0 Å². The van der Waals surface area contributed by atoms with Crippen LogP contribution in [0.15, 0.2) is 53.8 Å². The maximum atomic E-state index is 4.60. The highest BCUT2D eigenvalue weighted by molar-refractivity contribution is 5.80. The van der Waals surface area contributed by atoms with Gasteiger partial charge < -0.3 is 4.99 Å². The number of hydrogen-bond donors (Lipinski definition) is 1. The fourth-order valence-corrected chi connectivity index (χ4v) is 1.43. The molecule has 0 amide bonds. The normalized spacial score (nSPS) is 8.30. The molecule has 0 unspecified atom stereocenters. The molecule has 1 aromatic heterocycles. The second kappa shape index (κ2) is 10.5. The first-order chi connectivity index (χ1) is 9.64. The van der Waals surface area contributed by atoms with Crippen molar-refractivity contribution in [2.45, 2.75) is 20.3 Å². The van der Waals surface area contributed by atoms with Crippen LogP contribution in [0.2, 0.25) is 0 Å². The molecule has 2 aromatic rings. The number of terminal acetylenes is 1. The number of allylic oxidation sites excluding steroid dienone is 1. The van der Waals surface area contributed by atoms with Crippen molar-refractivity contribution < 1.29 is 0 Å². The van der Waals surface area contributed by atoms with Gasteiger partial charge in [0, 0.05) is 24.3 Å². The summed E-state index contributed by atoms with van der Waals surface area (Å²) in [6.07, 6.45) is 7.55. The van der Waals surface area contributed by atoms with Crippen LogP contribution in [0.3, 0.4) is 0 Å². The quantitative estimate of drug-likeness (QED) is 0.660. The lowest BCUT2D eigenvalue weighted by molar-refractivity contribution is 0.923. The van der Waals surface area contributed by atoms with Crippen molar-refractivity contribution in [3.63, 3.8) is 0 Å². The first-order valence-electron chi connectivity index (χ1n) is 6.37. The van der Waals surface area contributed by atoms with E-state index < -0.39 is 0 Å². The Morgan fingerprint density at radius 2 is 1.95 bits per heavy atom. The number of aliphatic imine (C=N–C) groups is 1. The summed E-state index contributed by atoms with van der Waals surface area (Å²) in [5, 5.41) is 1.24. The van der Waals surface area contributed by atoms with Gasteiger partial charge in [0.05, 0.1) is 5.52 Å². The van der Waals surface area contributed by atoms with Crippen molar-refractivity contribution in [2.24, 2.45) is 4.99 Å². The van der Waals surface area contributed by atoms with Gasteiger partial charge in [0.25, 0.3) is 0 Å². The Bertz CT molecular complexity index is 573. The van der Waals surface area contributed by atoms with Gasteiger partial charge in [-0.15, -0.1) is 12.3 Å². The molecule has 3 nitrogen and oxygen atoms in total. The van der Waals surface area contributed by atoms with Gasteiger partial charge in [-0.25, -0.2) is 0 Å². The van der Waals surface area contributed by atoms with Gasteiger partial charge in [0.15, 0.2) is 0 Å². The summed E-state index contributed by atoms with van der Waals surface area (Å²) in [7, 11) is 1.64. The van der Waals surface area contributed by atoms with E-state index in [1.807, 2.05) is 23.0 Å². The van der Waals surface area contributed by atoms with Gasteiger partial charge >= 0.3 is 0 Å². The molecule has 0 atom stereocenters. The predicted molar refractivity (Wildman–Crippen MR) is 90.7 cm³/mol. The highest BCUT2D eigenvalue weighted by Crippen LogP contribution is 2.14. The van der Waals surface area contributed by atoms with E-state index in [1.54, 1.807) is 14.0 Å². The third-order valence-corrected chi connectivity index (χ3v) is 2.30. The molecule has 106 valence electrons. The number of para-hydroxylation sites is 1. The Hall–Kier alpha value is -2.47.